The van der Waals surface area contributed by atoms with Gasteiger partial charge in [0, 0.05) is 54.8 Å². The van der Waals surface area contributed by atoms with Gasteiger partial charge in [0.2, 0.25) is 0 Å². The first-order valence-electron chi connectivity index (χ1n) is 14.9. The quantitative estimate of drug-likeness (QED) is 0.267. The first kappa shape index (κ1) is 26.1. The van der Waals surface area contributed by atoms with Crippen molar-refractivity contribution in [2.45, 2.75) is 44.3 Å². The van der Waals surface area contributed by atoms with Gasteiger partial charge in [-0.2, -0.15) is 0 Å². The molecule has 3 fully saturated rings. The van der Waals surface area contributed by atoms with Crippen molar-refractivity contribution in [3.8, 4) is 40.0 Å². The summed E-state index contributed by atoms with van der Waals surface area (Å²) in [5.41, 5.74) is 11.5. The smallest absolute Gasteiger partial charge is 0.254 e. The number of benzene rings is 2. The second-order valence-corrected chi connectivity index (χ2v) is 12.4. The van der Waals surface area contributed by atoms with Crippen LogP contribution in [0.2, 0.25) is 0 Å². The van der Waals surface area contributed by atoms with Gasteiger partial charge >= 0.3 is 0 Å². The number of nitrogens with zero attached hydrogens (tertiary/aromatic N) is 5. The van der Waals surface area contributed by atoms with E-state index in [0.29, 0.717) is 46.5 Å². The molecule has 1 aliphatic heterocycles. The molecule has 0 spiro atoms. The number of carbonyl (C=O) groups excluding carboxylic acids is 1. The van der Waals surface area contributed by atoms with Crippen LogP contribution in [0, 0.1) is 11.8 Å². The molecule has 2 saturated carbocycles. The highest BCUT2D eigenvalue weighted by atomic mass is 16.5. The first-order valence-corrected chi connectivity index (χ1v) is 14.9. The zero-order valence-electron chi connectivity index (χ0n) is 24.2. The Hall–Kier alpha value is -4.57. The third-order valence-corrected chi connectivity index (χ3v) is 9.62. The molecule has 2 unspecified atom stereocenters. The van der Waals surface area contributed by atoms with Gasteiger partial charge in [0.15, 0.2) is 5.82 Å². The van der Waals surface area contributed by atoms with Crippen LogP contribution in [0.4, 0.5) is 0 Å². The zero-order chi connectivity index (χ0) is 29.6. The van der Waals surface area contributed by atoms with Gasteiger partial charge in [0.05, 0.1) is 24.0 Å². The van der Waals surface area contributed by atoms with Crippen molar-refractivity contribution in [2.75, 3.05) is 13.7 Å². The molecule has 4 N–H and O–H groups in total. The van der Waals surface area contributed by atoms with Crippen molar-refractivity contribution in [3.05, 3.63) is 54.1 Å². The average Bonchev–Trinajstić information content (AvgIpc) is 3.40. The van der Waals surface area contributed by atoms with Crippen LogP contribution in [0.5, 0.6) is 17.2 Å². The standard InChI is InChI=1S/C33H34N6O4/c1-37-30-25(11-21(13-28(30)43-2)33(42)39-16-19-6-8-26(39)29(19)34)36-32(37)27-12-18-5-7-24(20-9-22(40)14-23(41)10-20)35-31(18)38(27)15-17-3-4-17/h5,7,9-14,17,19,26,29,40-41H,3-4,6,8,15-16,34H2,1-2H3/t19?,26?,29-/m1/s1. The maximum atomic E-state index is 13.7. The predicted molar refractivity (Wildman–Crippen MR) is 163 cm³/mol. The summed E-state index contributed by atoms with van der Waals surface area (Å²) < 4.78 is 10.1. The third kappa shape index (κ3) is 4.15. The minimum absolute atomic E-state index is 0.0162. The summed E-state index contributed by atoms with van der Waals surface area (Å²) in [5.74, 6) is 2.25. The van der Waals surface area contributed by atoms with Gasteiger partial charge in [-0.1, -0.05) is 0 Å². The van der Waals surface area contributed by atoms with E-state index in [2.05, 4.69) is 10.6 Å². The van der Waals surface area contributed by atoms with Crippen LogP contribution < -0.4 is 10.5 Å². The van der Waals surface area contributed by atoms with Gasteiger partial charge in [-0.3, -0.25) is 4.79 Å². The predicted octanol–water partition coefficient (Wildman–Crippen LogP) is 4.65. The van der Waals surface area contributed by atoms with Crippen molar-refractivity contribution in [3.63, 3.8) is 0 Å². The van der Waals surface area contributed by atoms with E-state index < -0.39 is 0 Å². The summed E-state index contributed by atoms with van der Waals surface area (Å²) in [4.78, 5) is 25.7. The Morgan fingerprint density at radius 2 is 1.81 bits per heavy atom. The van der Waals surface area contributed by atoms with E-state index in [4.69, 9.17) is 20.4 Å². The number of pyridine rings is 1. The molecule has 1 saturated heterocycles. The van der Waals surface area contributed by atoms with Crippen LogP contribution in [0.25, 0.3) is 44.8 Å². The van der Waals surface area contributed by atoms with Crippen LogP contribution >= 0.6 is 0 Å². The van der Waals surface area contributed by atoms with Crippen molar-refractivity contribution >= 4 is 28.0 Å². The lowest BCUT2D eigenvalue weighted by molar-refractivity contribution is 0.0700. The monoisotopic (exact) mass is 578 g/mol. The number of fused-ring (bicyclic) bond motifs is 4. The summed E-state index contributed by atoms with van der Waals surface area (Å²) in [6.07, 6.45) is 4.38. The second kappa shape index (κ2) is 9.47. The third-order valence-electron chi connectivity index (χ3n) is 9.62. The highest BCUT2D eigenvalue weighted by Gasteiger charge is 2.47. The van der Waals surface area contributed by atoms with Crippen molar-refractivity contribution in [1.29, 1.82) is 0 Å². The van der Waals surface area contributed by atoms with Gasteiger partial charge in [0.1, 0.15) is 28.4 Å². The summed E-state index contributed by atoms with van der Waals surface area (Å²) in [6, 6.07) is 14.4. The topological polar surface area (TPSA) is 132 Å². The van der Waals surface area contributed by atoms with E-state index in [1.165, 1.54) is 18.9 Å². The number of aromatic hydroxyl groups is 2. The van der Waals surface area contributed by atoms with Gasteiger partial charge in [-0.15, -0.1) is 0 Å². The van der Waals surface area contributed by atoms with E-state index >= 15 is 0 Å². The Kier molecular flexibility index (Phi) is 5.74. The van der Waals surface area contributed by atoms with E-state index in [-0.39, 0.29) is 29.5 Å². The number of ether oxygens (including phenoxy) is 1. The number of aryl methyl sites for hydroxylation is 1. The van der Waals surface area contributed by atoms with Gasteiger partial charge < -0.3 is 34.7 Å². The molecule has 8 rings (SSSR count). The molecule has 43 heavy (non-hydrogen) atoms. The molecule has 2 aliphatic carbocycles. The molecule has 0 radical (unpaired) electrons. The Bertz CT molecular complexity index is 1920. The van der Waals surface area contributed by atoms with Crippen molar-refractivity contribution in [2.24, 2.45) is 24.6 Å². The fraction of sp³-hybridized carbons (Fsp3) is 0.364. The van der Waals surface area contributed by atoms with E-state index in [1.807, 2.05) is 40.8 Å². The maximum Gasteiger partial charge on any atom is 0.254 e. The highest BCUT2D eigenvalue weighted by molar-refractivity contribution is 6.00. The molecule has 1 amide bonds. The number of methoxy groups -OCH3 is 1. The molecule has 4 heterocycles. The molecule has 3 atom stereocenters. The van der Waals surface area contributed by atoms with Crippen molar-refractivity contribution < 1.29 is 19.7 Å². The number of imidazole rings is 1. The van der Waals surface area contributed by atoms with Crippen LogP contribution in [-0.4, -0.2) is 65.9 Å². The van der Waals surface area contributed by atoms with Crippen LogP contribution in [0.1, 0.15) is 36.0 Å². The highest BCUT2D eigenvalue weighted by Crippen LogP contribution is 2.40. The number of phenolic OH excluding ortho intramolecular Hbond substituents is 2. The van der Waals surface area contributed by atoms with Gasteiger partial charge in [-0.25, -0.2) is 9.97 Å². The van der Waals surface area contributed by atoms with E-state index in [9.17, 15) is 15.0 Å². The maximum absolute atomic E-state index is 13.7. The number of carbonyl (C=O) groups is 1. The van der Waals surface area contributed by atoms with Crippen LogP contribution in [0.3, 0.4) is 0 Å². The number of piperidine rings is 1. The van der Waals surface area contributed by atoms with E-state index in [0.717, 1.165) is 47.5 Å². The Morgan fingerprint density at radius 1 is 1.02 bits per heavy atom. The minimum Gasteiger partial charge on any atom is -0.508 e. The summed E-state index contributed by atoms with van der Waals surface area (Å²) >= 11 is 0. The minimum atomic E-state index is -0.0207. The van der Waals surface area contributed by atoms with Gasteiger partial charge in [-0.05, 0) is 80.0 Å². The second-order valence-electron chi connectivity index (χ2n) is 12.4. The molecule has 3 aromatic heterocycles. The Balaban J connectivity index is 1.25. The van der Waals surface area contributed by atoms with E-state index in [1.54, 1.807) is 19.2 Å². The SMILES string of the molecule is COc1cc(C(=O)N2CC3CCC2[C@@H]3N)cc2nc(-c3cc4ccc(-c5cc(O)cc(O)c5)nc4n3CC3CC3)n(C)c12. The molecule has 10 heteroatoms. The first-order chi connectivity index (χ1) is 20.8. The number of rotatable bonds is 6. The Labute approximate surface area is 248 Å². The lowest BCUT2D eigenvalue weighted by Gasteiger charge is -2.27. The normalized spacial score (nSPS) is 21.4. The molecule has 2 aromatic carbocycles. The number of aromatic nitrogens is 4. The average molecular weight is 579 g/mol. The molecule has 2 bridgehead atoms. The summed E-state index contributed by atoms with van der Waals surface area (Å²) in [5, 5.41) is 21.1. The van der Waals surface area contributed by atoms with Gasteiger partial charge in [0.25, 0.3) is 5.91 Å². The number of amides is 1. The van der Waals surface area contributed by atoms with Crippen LogP contribution in [-0.2, 0) is 13.6 Å². The molecule has 5 aromatic rings. The molecular weight excluding hydrogens is 544 g/mol. The largest absolute Gasteiger partial charge is 0.508 e. The fourth-order valence-electron chi connectivity index (χ4n) is 7.23. The van der Waals surface area contributed by atoms with Crippen LogP contribution in [0.15, 0.2) is 48.5 Å². The van der Waals surface area contributed by atoms with Crippen molar-refractivity contribution in [1.82, 2.24) is 24.0 Å². The number of hydrogen-bond acceptors (Lipinski definition) is 7. The number of nitrogens with two attached hydrogens (primary N) is 1. The zero-order valence-corrected chi connectivity index (χ0v) is 24.2. The lowest BCUT2D eigenvalue weighted by Crippen LogP contribution is -2.41. The lowest BCUT2D eigenvalue weighted by atomic mass is 10.1. The molecule has 220 valence electrons. The summed E-state index contributed by atoms with van der Waals surface area (Å²) in [6.45, 7) is 1.51. The fourth-order valence-corrected chi connectivity index (χ4v) is 7.23. The molecule has 3 aliphatic rings. The Morgan fingerprint density at radius 3 is 2.49 bits per heavy atom. The summed E-state index contributed by atoms with van der Waals surface area (Å²) in [7, 11) is 3.60. The molecule has 10 nitrogen and oxygen atoms in total. The molecular formula is C33H34N6O4. The number of phenols is 2. The number of hydrogen-bond donors (Lipinski definition) is 3. The number of likely N-dealkylation sites (tertiary alicyclic amines) is 1.